The van der Waals surface area contributed by atoms with Gasteiger partial charge in [-0.2, -0.15) is 4.98 Å². The quantitative estimate of drug-likeness (QED) is 0.647. The van der Waals surface area contributed by atoms with Crippen LogP contribution in [0.25, 0.3) is 22.4 Å². The summed E-state index contributed by atoms with van der Waals surface area (Å²) in [7, 11) is 0. The Morgan fingerprint density at radius 2 is 2.17 bits per heavy atom. The third kappa shape index (κ3) is 3.83. The molecule has 3 aromatic rings. The minimum atomic E-state index is 0.239. The van der Waals surface area contributed by atoms with Crippen molar-refractivity contribution in [2.24, 2.45) is 0 Å². The lowest BCUT2D eigenvalue weighted by atomic mass is 10.1. The Balaban J connectivity index is 1.82. The topological polar surface area (TPSA) is 73.1 Å². The first-order valence-corrected chi connectivity index (χ1v) is 8.24. The molecule has 6 nitrogen and oxygen atoms in total. The monoisotopic (exact) mass is 346 g/mol. The van der Waals surface area contributed by atoms with Crippen LogP contribution >= 0.6 is 11.6 Å². The molecule has 0 radical (unpaired) electrons. The van der Waals surface area contributed by atoms with Gasteiger partial charge in [-0.15, -0.1) is 0 Å². The van der Waals surface area contributed by atoms with Gasteiger partial charge in [0.25, 0.3) is 5.71 Å². The van der Waals surface area contributed by atoms with Gasteiger partial charge in [-0.1, -0.05) is 28.9 Å². The minimum Gasteiger partial charge on any atom is -0.379 e. The molecule has 0 bridgehead atoms. The average molecular weight is 347 g/mol. The molecular formula is C17H19ClN4O2. The Bertz CT molecular complexity index is 819. The van der Waals surface area contributed by atoms with Gasteiger partial charge in [0, 0.05) is 23.7 Å². The van der Waals surface area contributed by atoms with Crippen LogP contribution in [0.1, 0.15) is 20.3 Å². The van der Waals surface area contributed by atoms with E-state index in [0.717, 1.165) is 23.9 Å². The smallest absolute Gasteiger partial charge is 0.263 e. The number of ether oxygens (including phenoxy) is 1. The van der Waals surface area contributed by atoms with Gasteiger partial charge in [0.1, 0.15) is 23.2 Å². The lowest BCUT2D eigenvalue weighted by molar-refractivity contribution is 0.0787. The summed E-state index contributed by atoms with van der Waals surface area (Å²) in [5.41, 5.74) is 1.98. The molecule has 0 aliphatic carbocycles. The van der Waals surface area contributed by atoms with Crippen LogP contribution in [0.4, 0.5) is 5.82 Å². The zero-order valence-electron chi connectivity index (χ0n) is 13.6. The Kier molecular flexibility index (Phi) is 5.27. The van der Waals surface area contributed by atoms with Crippen molar-refractivity contribution in [2.45, 2.75) is 26.4 Å². The fourth-order valence-electron chi connectivity index (χ4n) is 2.35. The fraction of sp³-hybridized carbons (Fsp3) is 0.353. The molecule has 126 valence electrons. The second-order valence-corrected chi connectivity index (χ2v) is 6.08. The number of hydrogen-bond acceptors (Lipinski definition) is 6. The number of fused-ring (bicyclic) bond motifs is 1. The lowest BCUT2D eigenvalue weighted by Crippen LogP contribution is -2.10. The van der Waals surface area contributed by atoms with Crippen molar-refractivity contribution < 1.29 is 9.26 Å². The number of halogens is 1. The van der Waals surface area contributed by atoms with Gasteiger partial charge >= 0.3 is 0 Å². The molecule has 1 aromatic carbocycles. The van der Waals surface area contributed by atoms with Crippen LogP contribution in [-0.2, 0) is 4.74 Å². The maximum atomic E-state index is 6.08. The summed E-state index contributed by atoms with van der Waals surface area (Å²) >= 11 is 6.08. The van der Waals surface area contributed by atoms with E-state index in [4.69, 9.17) is 20.9 Å². The Hall–Kier alpha value is -2.18. The molecule has 0 spiro atoms. The molecule has 2 heterocycles. The number of nitrogens with one attached hydrogen (secondary N) is 1. The van der Waals surface area contributed by atoms with E-state index in [2.05, 4.69) is 20.4 Å². The first kappa shape index (κ1) is 16.7. The van der Waals surface area contributed by atoms with E-state index in [1.54, 1.807) is 0 Å². The summed E-state index contributed by atoms with van der Waals surface area (Å²) in [6.45, 7) is 5.48. The van der Waals surface area contributed by atoms with Gasteiger partial charge in [-0.05, 0) is 32.4 Å². The molecule has 0 aliphatic rings. The zero-order chi connectivity index (χ0) is 16.9. The van der Waals surface area contributed by atoms with Crippen LogP contribution < -0.4 is 5.32 Å². The second kappa shape index (κ2) is 7.59. The molecule has 3 rings (SSSR count). The molecule has 0 amide bonds. The summed E-state index contributed by atoms with van der Waals surface area (Å²) in [6, 6.07) is 7.46. The zero-order valence-corrected chi connectivity index (χ0v) is 14.4. The predicted molar refractivity (Wildman–Crippen MR) is 94.2 cm³/mol. The highest BCUT2D eigenvalue weighted by Gasteiger charge is 2.16. The van der Waals surface area contributed by atoms with E-state index < -0.39 is 0 Å². The maximum absolute atomic E-state index is 6.08. The molecule has 0 fully saturated rings. The molecule has 0 unspecified atom stereocenters. The molecule has 24 heavy (non-hydrogen) atoms. The van der Waals surface area contributed by atoms with E-state index in [1.165, 1.54) is 6.33 Å². The summed E-state index contributed by atoms with van der Waals surface area (Å²) in [5.74, 6) is 0.695. The highest BCUT2D eigenvalue weighted by Crippen LogP contribution is 2.32. The molecule has 1 N–H and O–H groups in total. The van der Waals surface area contributed by atoms with Gasteiger partial charge in [0.15, 0.2) is 0 Å². The molecular weight excluding hydrogens is 328 g/mol. The van der Waals surface area contributed by atoms with Gasteiger partial charge in [-0.3, -0.25) is 0 Å². The van der Waals surface area contributed by atoms with Crippen molar-refractivity contribution in [3.8, 4) is 11.3 Å². The average Bonchev–Trinajstić information content (AvgIpc) is 2.99. The van der Waals surface area contributed by atoms with Crippen molar-refractivity contribution in [3.05, 3.63) is 35.6 Å². The van der Waals surface area contributed by atoms with Crippen LogP contribution in [0.15, 0.2) is 35.1 Å². The Morgan fingerprint density at radius 1 is 1.29 bits per heavy atom. The second-order valence-electron chi connectivity index (χ2n) is 5.64. The van der Waals surface area contributed by atoms with Crippen LogP contribution in [-0.4, -0.2) is 34.4 Å². The first-order chi connectivity index (χ1) is 11.6. The summed E-state index contributed by atoms with van der Waals surface area (Å²) < 4.78 is 10.9. The molecule has 2 aromatic heterocycles. The summed E-state index contributed by atoms with van der Waals surface area (Å²) in [4.78, 5) is 8.46. The van der Waals surface area contributed by atoms with E-state index >= 15 is 0 Å². The Morgan fingerprint density at radius 3 is 2.96 bits per heavy atom. The predicted octanol–water partition coefficient (Wildman–Crippen LogP) is 4.17. The normalized spacial score (nSPS) is 11.3. The highest BCUT2D eigenvalue weighted by molar-refractivity contribution is 6.30. The van der Waals surface area contributed by atoms with Gasteiger partial charge in [0.2, 0.25) is 0 Å². The lowest BCUT2D eigenvalue weighted by Gasteiger charge is -2.09. The molecule has 0 saturated heterocycles. The van der Waals surface area contributed by atoms with Crippen molar-refractivity contribution in [1.82, 2.24) is 15.1 Å². The van der Waals surface area contributed by atoms with Gasteiger partial charge < -0.3 is 14.6 Å². The number of hydrogen-bond donors (Lipinski definition) is 1. The van der Waals surface area contributed by atoms with Gasteiger partial charge in [0.05, 0.1) is 6.10 Å². The van der Waals surface area contributed by atoms with Crippen LogP contribution in [0.3, 0.4) is 0 Å². The van der Waals surface area contributed by atoms with Gasteiger partial charge in [-0.25, -0.2) is 4.98 Å². The standard InChI is InChI=1S/C17H19ClN4O2/c1-11(2)23-8-4-7-19-16-14-15(12-5-3-6-13(18)9-12)22-24-17(14)21-10-20-16/h3,5-6,9-11H,4,7-8H2,1-2H3,(H,19,20,21). The van der Waals surface area contributed by atoms with Crippen molar-refractivity contribution in [2.75, 3.05) is 18.5 Å². The highest BCUT2D eigenvalue weighted by atomic mass is 35.5. The third-order valence-electron chi connectivity index (χ3n) is 3.44. The Labute approximate surface area is 145 Å². The number of anilines is 1. The number of aromatic nitrogens is 3. The van der Waals surface area contributed by atoms with Crippen LogP contribution in [0.2, 0.25) is 5.02 Å². The van der Waals surface area contributed by atoms with Crippen LogP contribution in [0.5, 0.6) is 0 Å². The third-order valence-corrected chi connectivity index (χ3v) is 3.67. The largest absolute Gasteiger partial charge is 0.379 e. The first-order valence-electron chi connectivity index (χ1n) is 7.87. The number of rotatable bonds is 7. The van der Waals surface area contributed by atoms with E-state index in [9.17, 15) is 0 Å². The molecule has 0 aliphatic heterocycles. The maximum Gasteiger partial charge on any atom is 0.263 e. The minimum absolute atomic E-state index is 0.239. The fourth-order valence-corrected chi connectivity index (χ4v) is 2.54. The van der Waals surface area contributed by atoms with E-state index in [-0.39, 0.29) is 6.10 Å². The molecule has 7 heteroatoms. The summed E-state index contributed by atoms with van der Waals surface area (Å²) in [6.07, 6.45) is 2.58. The van der Waals surface area contributed by atoms with E-state index in [0.29, 0.717) is 28.9 Å². The SMILES string of the molecule is CC(C)OCCCNc1ncnc2onc(-c3cccc(Cl)c3)c12. The molecule has 0 saturated carbocycles. The molecule has 0 atom stereocenters. The van der Waals surface area contributed by atoms with Crippen LogP contribution in [0, 0.1) is 0 Å². The van der Waals surface area contributed by atoms with E-state index in [1.807, 2.05) is 38.1 Å². The number of benzene rings is 1. The van der Waals surface area contributed by atoms with Crippen molar-refractivity contribution in [1.29, 1.82) is 0 Å². The summed E-state index contributed by atoms with van der Waals surface area (Å²) in [5, 5.41) is 8.84. The van der Waals surface area contributed by atoms with Crippen molar-refractivity contribution >= 4 is 28.5 Å². The van der Waals surface area contributed by atoms with Crippen molar-refractivity contribution in [3.63, 3.8) is 0 Å². The number of nitrogens with zero attached hydrogens (tertiary/aromatic N) is 3.